The van der Waals surface area contributed by atoms with Crippen molar-refractivity contribution >= 4 is 0 Å². The zero-order chi connectivity index (χ0) is 12.4. The molecule has 1 aromatic heterocycles. The summed E-state index contributed by atoms with van der Waals surface area (Å²) < 4.78 is 0. The van der Waals surface area contributed by atoms with E-state index in [2.05, 4.69) is 44.8 Å². The third-order valence-electron chi connectivity index (χ3n) is 3.85. The monoisotopic (exact) mass is 242 g/mol. The molecule has 4 nitrogen and oxygen atoms in total. The third kappa shape index (κ3) is 1.93. The van der Waals surface area contributed by atoms with Crippen LogP contribution in [0.25, 0.3) is 0 Å². The van der Waals surface area contributed by atoms with Gasteiger partial charge in [0.25, 0.3) is 0 Å². The fraction of sp³-hybridized carbons (Fsp3) is 0.429. The number of benzene rings is 1. The Hall–Kier alpha value is -1.68. The first-order chi connectivity index (χ1) is 8.90. The highest BCUT2D eigenvalue weighted by Gasteiger charge is 2.25. The van der Waals surface area contributed by atoms with Crippen LogP contribution in [0.2, 0.25) is 0 Å². The van der Waals surface area contributed by atoms with Crippen molar-refractivity contribution in [3.05, 3.63) is 47.5 Å². The number of hydrogen-bond acceptors (Lipinski definition) is 3. The zero-order valence-corrected chi connectivity index (χ0v) is 10.6. The second kappa shape index (κ2) is 4.90. The van der Waals surface area contributed by atoms with Crippen LogP contribution >= 0.6 is 0 Å². The largest absolute Gasteiger partial charge is 0.307 e. The molecule has 1 aliphatic carbocycles. The summed E-state index contributed by atoms with van der Waals surface area (Å²) in [7, 11) is 1.96. The first-order valence-electron chi connectivity index (χ1n) is 6.51. The standard InChI is InChI=1S/C14H18N4/c1-15-13(14-16-9-17-18-14)12-8-3-2-7-11(12)10-5-4-6-10/h2-3,7-10,13,15H,4-6H2,1H3,(H,16,17,18). The molecule has 1 aliphatic rings. The quantitative estimate of drug-likeness (QED) is 0.865. The summed E-state index contributed by atoms with van der Waals surface area (Å²) in [5.74, 6) is 1.60. The molecule has 18 heavy (non-hydrogen) atoms. The number of nitrogens with zero attached hydrogens (tertiary/aromatic N) is 2. The fourth-order valence-corrected chi connectivity index (χ4v) is 2.66. The molecule has 0 saturated heterocycles. The molecule has 0 radical (unpaired) electrons. The predicted molar refractivity (Wildman–Crippen MR) is 70.3 cm³/mol. The van der Waals surface area contributed by atoms with Gasteiger partial charge in [0.1, 0.15) is 12.2 Å². The van der Waals surface area contributed by atoms with Crippen LogP contribution in [0.15, 0.2) is 30.6 Å². The third-order valence-corrected chi connectivity index (χ3v) is 3.85. The lowest BCUT2D eigenvalue weighted by atomic mass is 9.77. The maximum absolute atomic E-state index is 4.28. The second-order valence-corrected chi connectivity index (χ2v) is 4.85. The fourth-order valence-electron chi connectivity index (χ4n) is 2.66. The minimum absolute atomic E-state index is 0.101. The van der Waals surface area contributed by atoms with Gasteiger partial charge in [-0.3, -0.25) is 5.10 Å². The van der Waals surface area contributed by atoms with Crippen LogP contribution in [-0.2, 0) is 0 Å². The van der Waals surface area contributed by atoms with E-state index in [1.165, 1.54) is 30.4 Å². The van der Waals surface area contributed by atoms with Crippen molar-refractivity contribution in [2.24, 2.45) is 0 Å². The Morgan fingerprint density at radius 3 is 2.78 bits per heavy atom. The highest BCUT2D eigenvalue weighted by molar-refractivity contribution is 5.36. The van der Waals surface area contributed by atoms with E-state index in [9.17, 15) is 0 Å². The highest BCUT2D eigenvalue weighted by Crippen LogP contribution is 2.40. The summed E-state index contributed by atoms with van der Waals surface area (Å²) in [5.41, 5.74) is 2.78. The first kappa shape index (κ1) is 11.4. The Balaban J connectivity index is 1.99. The van der Waals surface area contributed by atoms with Gasteiger partial charge in [0.05, 0.1) is 6.04 Å². The molecule has 2 aromatic rings. The summed E-state index contributed by atoms with van der Waals surface area (Å²) in [4.78, 5) is 4.28. The van der Waals surface area contributed by atoms with E-state index >= 15 is 0 Å². The highest BCUT2D eigenvalue weighted by atomic mass is 15.2. The molecular formula is C14H18N4. The maximum atomic E-state index is 4.28. The van der Waals surface area contributed by atoms with Crippen LogP contribution in [0.4, 0.5) is 0 Å². The van der Waals surface area contributed by atoms with Crippen LogP contribution in [-0.4, -0.2) is 22.2 Å². The van der Waals surface area contributed by atoms with E-state index in [-0.39, 0.29) is 6.04 Å². The number of H-pyrrole nitrogens is 1. The van der Waals surface area contributed by atoms with Gasteiger partial charge in [0.15, 0.2) is 0 Å². The van der Waals surface area contributed by atoms with E-state index in [0.29, 0.717) is 0 Å². The van der Waals surface area contributed by atoms with Crippen LogP contribution < -0.4 is 5.32 Å². The van der Waals surface area contributed by atoms with Gasteiger partial charge >= 0.3 is 0 Å². The molecule has 3 rings (SSSR count). The molecule has 0 amide bonds. The molecule has 1 aromatic carbocycles. The number of nitrogens with one attached hydrogen (secondary N) is 2. The van der Waals surface area contributed by atoms with Gasteiger partial charge in [-0.05, 0) is 36.9 Å². The molecule has 0 aliphatic heterocycles. The first-order valence-corrected chi connectivity index (χ1v) is 6.51. The van der Waals surface area contributed by atoms with Gasteiger partial charge in [-0.1, -0.05) is 30.7 Å². The Morgan fingerprint density at radius 1 is 1.33 bits per heavy atom. The molecule has 4 heteroatoms. The molecule has 1 saturated carbocycles. The van der Waals surface area contributed by atoms with E-state index < -0.39 is 0 Å². The smallest absolute Gasteiger partial charge is 0.145 e. The van der Waals surface area contributed by atoms with Gasteiger partial charge in [0, 0.05) is 0 Å². The van der Waals surface area contributed by atoms with Gasteiger partial charge in [-0.25, -0.2) is 4.98 Å². The number of rotatable bonds is 4. The average molecular weight is 242 g/mol. The summed E-state index contributed by atoms with van der Waals surface area (Å²) in [6, 6.07) is 8.77. The Kier molecular flexibility index (Phi) is 3.11. The minimum atomic E-state index is 0.101. The van der Waals surface area contributed by atoms with E-state index in [1.54, 1.807) is 6.33 Å². The lowest BCUT2D eigenvalue weighted by Gasteiger charge is -2.29. The van der Waals surface area contributed by atoms with Crippen LogP contribution in [0, 0.1) is 0 Å². The van der Waals surface area contributed by atoms with Crippen molar-refractivity contribution in [2.45, 2.75) is 31.2 Å². The molecule has 2 N–H and O–H groups in total. The van der Waals surface area contributed by atoms with E-state index in [1.807, 2.05) is 7.05 Å². The van der Waals surface area contributed by atoms with Crippen molar-refractivity contribution in [1.29, 1.82) is 0 Å². The molecule has 0 bridgehead atoms. The van der Waals surface area contributed by atoms with Gasteiger partial charge in [-0.2, -0.15) is 5.10 Å². The molecular weight excluding hydrogens is 224 g/mol. The number of aromatic amines is 1. The molecule has 0 spiro atoms. The molecule has 1 unspecified atom stereocenters. The summed E-state index contributed by atoms with van der Waals surface area (Å²) in [6.07, 6.45) is 5.53. The lowest BCUT2D eigenvalue weighted by Crippen LogP contribution is -2.22. The van der Waals surface area contributed by atoms with Crippen LogP contribution in [0.1, 0.15) is 48.2 Å². The van der Waals surface area contributed by atoms with Gasteiger partial charge < -0.3 is 5.32 Å². The van der Waals surface area contributed by atoms with E-state index in [4.69, 9.17) is 0 Å². The maximum Gasteiger partial charge on any atom is 0.145 e. The predicted octanol–water partition coefficient (Wildman–Crippen LogP) is 2.38. The van der Waals surface area contributed by atoms with Gasteiger partial charge in [-0.15, -0.1) is 0 Å². The van der Waals surface area contributed by atoms with Crippen molar-refractivity contribution in [3.8, 4) is 0 Å². The summed E-state index contributed by atoms with van der Waals surface area (Å²) in [5, 5.41) is 10.2. The Bertz CT molecular complexity index is 502. The molecule has 1 atom stereocenters. The lowest BCUT2D eigenvalue weighted by molar-refractivity contribution is 0.414. The normalized spacial score (nSPS) is 17.4. The second-order valence-electron chi connectivity index (χ2n) is 4.85. The average Bonchev–Trinajstić information content (AvgIpc) is 2.84. The summed E-state index contributed by atoms with van der Waals surface area (Å²) >= 11 is 0. The minimum Gasteiger partial charge on any atom is -0.307 e. The van der Waals surface area contributed by atoms with Crippen LogP contribution in [0.5, 0.6) is 0 Å². The number of aromatic nitrogens is 3. The zero-order valence-electron chi connectivity index (χ0n) is 10.6. The summed E-state index contributed by atoms with van der Waals surface area (Å²) in [6.45, 7) is 0. The van der Waals surface area contributed by atoms with Crippen molar-refractivity contribution in [2.75, 3.05) is 7.05 Å². The van der Waals surface area contributed by atoms with Crippen molar-refractivity contribution in [1.82, 2.24) is 20.5 Å². The SMILES string of the molecule is CNC(c1ncn[nH]1)c1ccccc1C1CCC1. The van der Waals surface area contributed by atoms with Crippen LogP contribution in [0.3, 0.4) is 0 Å². The number of hydrogen-bond donors (Lipinski definition) is 2. The Labute approximate surface area is 107 Å². The Morgan fingerprint density at radius 2 is 2.17 bits per heavy atom. The molecule has 1 fully saturated rings. The van der Waals surface area contributed by atoms with Crippen molar-refractivity contribution in [3.63, 3.8) is 0 Å². The van der Waals surface area contributed by atoms with Gasteiger partial charge in [0.2, 0.25) is 0 Å². The topological polar surface area (TPSA) is 53.6 Å². The van der Waals surface area contributed by atoms with Crippen molar-refractivity contribution < 1.29 is 0 Å². The molecule has 1 heterocycles. The molecule has 94 valence electrons. The van der Waals surface area contributed by atoms with E-state index in [0.717, 1.165) is 11.7 Å².